The van der Waals surface area contributed by atoms with Crippen LogP contribution in [0.1, 0.15) is 23.9 Å². The Kier molecular flexibility index (Phi) is 4.46. The molecular weight excluding hydrogens is 260 g/mol. The molecule has 0 saturated heterocycles. The average Bonchev–Trinajstić information content (AvgIpc) is 2.86. The van der Waals surface area contributed by atoms with Crippen LogP contribution in [-0.2, 0) is 17.6 Å². The molecule has 2 aromatic rings. The van der Waals surface area contributed by atoms with Crippen LogP contribution in [0.2, 0.25) is 0 Å². The van der Waals surface area contributed by atoms with Crippen molar-refractivity contribution in [2.24, 2.45) is 0 Å². The van der Waals surface area contributed by atoms with Crippen LogP contribution in [-0.4, -0.2) is 16.1 Å². The van der Waals surface area contributed by atoms with Crippen LogP contribution < -0.4 is 11.1 Å². The number of benzene rings is 1. The van der Waals surface area contributed by atoms with Crippen molar-refractivity contribution in [2.75, 3.05) is 11.1 Å². The highest BCUT2D eigenvalue weighted by Gasteiger charge is 2.07. The minimum Gasteiger partial charge on any atom is -0.399 e. The fourth-order valence-electron chi connectivity index (χ4n) is 1.57. The van der Waals surface area contributed by atoms with Crippen LogP contribution >= 0.6 is 11.3 Å². The third-order valence-electron chi connectivity index (χ3n) is 2.64. The number of nitrogens with two attached hydrogens (primary N) is 1. The molecule has 1 aromatic carbocycles. The first kappa shape index (κ1) is 13.5. The van der Waals surface area contributed by atoms with E-state index in [2.05, 4.69) is 15.5 Å². The van der Waals surface area contributed by atoms with Crippen molar-refractivity contribution in [3.63, 3.8) is 0 Å². The molecule has 0 radical (unpaired) electrons. The molecule has 0 aliphatic carbocycles. The molecule has 0 bridgehead atoms. The van der Waals surface area contributed by atoms with E-state index in [0.29, 0.717) is 18.0 Å². The van der Waals surface area contributed by atoms with Crippen LogP contribution in [0.4, 0.5) is 10.8 Å². The third-order valence-corrected chi connectivity index (χ3v) is 3.62. The van der Waals surface area contributed by atoms with Gasteiger partial charge in [-0.15, -0.1) is 10.2 Å². The summed E-state index contributed by atoms with van der Waals surface area (Å²) < 4.78 is 0. The lowest BCUT2D eigenvalue weighted by molar-refractivity contribution is -0.116. The zero-order chi connectivity index (χ0) is 13.7. The summed E-state index contributed by atoms with van der Waals surface area (Å²) in [5.74, 6) is -0.0457. The topological polar surface area (TPSA) is 80.9 Å². The standard InChI is InChI=1S/C13H16N4OS/c1-2-12-16-17-13(19-12)15-11(18)8-5-9-3-6-10(14)7-4-9/h3-4,6-7H,2,5,8,14H2,1H3,(H,15,17,18). The van der Waals surface area contributed by atoms with Gasteiger partial charge in [-0.25, -0.2) is 0 Å². The molecule has 100 valence electrons. The van der Waals surface area contributed by atoms with Gasteiger partial charge in [0, 0.05) is 12.1 Å². The van der Waals surface area contributed by atoms with Crippen molar-refractivity contribution in [1.29, 1.82) is 0 Å². The Labute approximate surface area is 115 Å². The molecule has 5 nitrogen and oxygen atoms in total. The normalized spacial score (nSPS) is 10.4. The fourth-order valence-corrected chi connectivity index (χ4v) is 2.27. The van der Waals surface area contributed by atoms with Crippen molar-refractivity contribution in [3.05, 3.63) is 34.8 Å². The first-order valence-corrected chi connectivity index (χ1v) is 6.95. The summed E-state index contributed by atoms with van der Waals surface area (Å²) in [5, 5.41) is 12.1. The van der Waals surface area contributed by atoms with E-state index in [1.807, 2.05) is 31.2 Å². The lowest BCUT2D eigenvalue weighted by Gasteiger charge is -2.02. The molecule has 2 rings (SSSR count). The van der Waals surface area contributed by atoms with Crippen LogP contribution in [0, 0.1) is 0 Å². The second kappa shape index (κ2) is 6.29. The van der Waals surface area contributed by atoms with Crippen LogP contribution in [0.3, 0.4) is 0 Å². The second-order valence-electron chi connectivity index (χ2n) is 4.14. The van der Waals surface area contributed by atoms with Crippen molar-refractivity contribution >= 4 is 28.1 Å². The summed E-state index contributed by atoms with van der Waals surface area (Å²) in [5.41, 5.74) is 7.43. The maximum Gasteiger partial charge on any atom is 0.226 e. The average molecular weight is 276 g/mol. The Morgan fingerprint density at radius 2 is 2.05 bits per heavy atom. The van der Waals surface area contributed by atoms with Gasteiger partial charge in [-0.2, -0.15) is 0 Å². The number of hydrogen-bond donors (Lipinski definition) is 2. The molecule has 19 heavy (non-hydrogen) atoms. The zero-order valence-corrected chi connectivity index (χ0v) is 11.5. The van der Waals surface area contributed by atoms with E-state index in [0.717, 1.165) is 22.7 Å². The molecule has 0 fully saturated rings. The van der Waals surface area contributed by atoms with E-state index < -0.39 is 0 Å². The maximum absolute atomic E-state index is 11.8. The summed E-state index contributed by atoms with van der Waals surface area (Å²) >= 11 is 1.41. The minimum atomic E-state index is -0.0457. The molecule has 0 spiro atoms. The van der Waals surface area contributed by atoms with Crippen molar-refractivity contribution in [2.45, 2.75) is 26.2 Å². The first-order valence-electron chi connectivity index (χ1n) is 6.14. The fraction of sp³-hybridized carbons (Fsp3) is 0.308. The van der Waals surface area contributed by atoms with E-state index in [4.69, 9.17) is 5.73 Å². The summed E-state index contributed by atoms with van der Waals surface area (Å²) in [7, 11) is 0. The molecule has 0 atom stereocenters. The highest BCUT2D eigenvalue weighted by molar-refractivity contribution is 7.15. The van der Waals surface area contributed by atoms with Gasteiger partial charge in [0.15, 0.2) is 0 Å². The van der Waals surface area contributed by atoms with Gasteiger partial charge in [0.2, 0.25) is 11.0 Å². The smallest absolute Gasteiger partial charge is 0.226 e. The quantitative estimate of drug-likeness (QED) is 0.821. The third kappa shape index (κ3) is 4.03. The molecule has 1 amide bonds. The van der Waals surface area contributed by atoms with Gasteiger partial charge in [0.05, 0.1) is 0 Å². The number of aromatic nitrogens is 2. The largest absolute Gasteiger partial charge is 0.399 e. The number of carbonyl (C=O) groups is 1. The SMILES string of the molecule is CCc1nnc(NC(=O)CCc2ccc(N)cc2)s1. The number of rotatable bonds is 5. The predicted octanol–water partition coefficient (Wildman–Crippen LogP) is 2.25. The molecule has 1 aromatic heterocycles. The van der Waals surface area contributed by atoms with E-state index >= 15 is 0 Å². The molecule has 0 aliphatic rings. The molecule has 6 heteroatoms. The molecule has 3 N–H and O–H groups in total. The number of nitrogen functional groups attached to an aromatic ring is 1. The maximum atomic E-state index is 11.8. The lowest BCUT2D eigenvalue weighted by Crippen LogP contribution is -2.12. The zero-order valence-electron chi connectivity index (χ0n) is 10.7. The highest BCUT2D eigenvalue weighted by atomic mass is 32.1. The number of hydrogen-bond acceptors (Lipinski definition) is 5. The predicted molar refractivity (Wildman–Crippen MR) is 77.1 cm³/mol. The molecule has 0 aliphatic heterocycles. The van der Waals surface area contributed by atoms with Gasteiger partial charge < -0.3 is 11.1 Å². The summed E-state index contributed by atoms with van der Waals surface area (Å²) in [4.78, 5) is 11.8. The van der Waals surface area contributed by atoms with Gasteiger partial charge in [0.25, 0.3) is 0 Å². The van der Waals surface area contributed by atoms with Crippen LogP contribution in [0.25, 0.3) is 0 Å². The number of aryl methyl sites for hydroxylation is 2. The summed E-state index contributed by atoms with van der Waals surface area (Å²) in [6.45, 7) is 2.01. The second-order valence-corrected chi connectivity index (χ2v) is 5.21. The van der Waals surface area contributed by atoms with E-state index in [1.54, 1.807) is 0 Å². The Morgan fingerprint density at radius 3 is 2.68 bits per heavy atom. The summed E-state index contributed by atoms with van der Waals surface area (Å²) in [6, 6.07) is 7.54. The van der Waals surface area contributed by atoms with E-state index in [9.17, 15) is 4.79 Å². The van der Waals surface area contributed by atoms with Gasteiger partial charge in [0.1, 0.15) is 5.01 Å². The highest BCUT2D eigenvalue weighted by Crippen LogP contribution is 2.16. The van der Waals surface area contributed by atoms with Gasteiger partial charge in [-0.3, -0.25) is 4.79 Å². The van der Waals surface area contributed by atoms with Gasteiger partial charge >= 0.3 is 0 Å². The number of nitrogens with one attached hydrogen (secondary N) is 1. The van der Waals surface area contributed by atoms with Crippen LogP contribution in [0.5, 0.6) is 0 Å². The first-order chi connectivity index (χ1) is 9.17. The van der Waals surface area contributed by atoms with Gasteiger partial charge in [-0.1, -0.05) is 30.4 Å². The van der Waals surface area contributed by atoms with Crippen molar-refractivity contribution in [1.82, 2.24) is 10.2 Å². The van der Waals surface area contributed by atoms with E-state index in [1.165, 1.54) is 11.3 Å². The Balaban J connectivity index is 1.82. The number of nitrogens with zero attached hydrogens (tertiary/aromatic N) is 2. The lowest BCUT2D eigenvalue weighted by atomic mass is 10.1. The summed E-state index contributed by atoms with van der Waals surface area (Å²) in [6.07, 6.45) is 1.94. The van der Waals surface area contributed by atoms with Crippen molar-refractivity contribution in [3.8, 4) is 0 Å². The van der Waals surface area contributed by atoms with Gasteiger partial charge in [-0.05, 0) is 30.5 Å². The number of anilines is 2. The Morgan fingerprint density at radius 1 is 1.32 bits per heavy atom. The molecular formula is C13H16N4OS. The van der Waals surface area contributed by atoms with Crippen LogP contribution in [0.15, 0.2) is 24.3 Å². The monoisotopic (exact) mass is 276 g/mol. The van der Waals surface area contributed by atoms with Crippen molar-refractivity contribution < 1.29 is 4.79 Å². The Hall–Kier alpha value is -1.95. The minimum absolute atomic E-state index is 0.0457. The number of amides is 1. The molecule has 0 unspecified atom stereocenters. The Bertz CT molecular complexity index is 550. The molecule has 1 heterocycles. The van der Waals surface area contributed by atoms with E-state index in [-0.39, 0.29) is 5.91 Å². The number of carbonyl (C=O) groups excluding carboxylic acids is 1. The molecule has 0 saturated carbocycles.